The average molecular weight is 192 g/mol. The van der Waals surface area contributed by atoms with Crippen LogP contribution >= 0.6 is 0 Å². The molecule has 2 rings (SSSR count). The van der Waals surface area contributed by atoms with Crippen molar-refractivity contribution in [3.63, 3.8) is 0 Å². The van der Waals surface area contributed by atoms with Gasteiger partial charge in [0, 0.05) is 24.7 Å². The van der Waals surface area contributed by atoms with E-state index in [1.165, 1.54) is 5.57 Å². The molecule has 1 unspecified atom stereocenters. The first-order valence-corrected chi connectivity index (χ1v) is 5.11. The number of rotatable bonds is 0. The molecule has 0 bridgehead atoms. The molecule has 0 amide bonds. The summed E-state index contributed by atoms with van der Waals surface area (Å²) in [7, 11) is 0. The monoisotopic (exact) mass is 192 g/mol. The van der Waals surface area contributed by atoms with Gasteiger partial charge in [-0.3, -0.25) is 9.59 Å². The summed E-state index contributed by atoms with van der Waals surface area (Å²) >= 11 is 0. The molecule has 0 saturated heterocycles. The molecule has 1 saturated carbocycles. The second-order valence-corrected chi connectivity index (χ2v) is 5.54. The molecule has 0 heterocycles. The van der Waals surface area contributed by atoms with Crippen molar-refractivity contribution in [3.8, 4) is 0 Å². The zero-order valence-corrected chi connectivity index (χ0v) is 9.02. The third-order valence-corrected chi connectivity index (χ3v) is 3.48. The van der Waals surface area contributed by atoms with Crippen molar-refractivity contribution in [2.45, 2.75) is 40.0 Å². The van der Waals surface area contributed by atoms with Gasteiger partial charge in [-0.15, -0.1) is 0 Å². The lowest BCUT2D eigenvalue weighted by Crippen LogP contribution is -2.36. The van der Waals surface area contributed by atoms with E-state index in [1.54, 1.807) is 6.08 Å². The molecule has 76 valence electrons. The molecule has 0 aromatic carbocycles. The van der Waals surface area contributed by atoms with Crippen LogP contribution in [0.25, 0.3) is 0 Å². The molecule has 0 spiro atoms. The van der Waals surface area contributed by atoms with E-state index in [4.69, 9.17) is 0 Å². The van der Waals surface area contributed by atoms with Gasteiger partial charge in [0.1, 0.15) is 5.78 Å². The SMILES string of the molecule is CC1(C)CC(=O)CC2(C)CC(=O)C=C12. The number of Topliss-reactive ketones (excluding diaryl/α,β-unsaturated/α-hetero) is 1. The van der Waals surface area contributed by atoms with Crippen LogP contribution in [0.1, 0.15) is 40.0 Å². The summed E-state index contributed by atoms with van der Waals surface area (Å²) in [5.41, 5.74) is 0.904. The summed E-state index contributed by atoms with van der Waals surface area (Å²) in [5.74, 6) is 0.481. The molecule has 2 aliphatic rings. The lowest BCUT2D eigenvalue weighted by molar-refractivity contribution is -0.124. The predicted molar refractivity (Wildman–Crippen MR) is 53.8 cm³/mol. The first-order valence-electron chi connectivity index (χ1n) is 5.11. The van der Waals surface area contributed by atoms with Gasteiger partial charge in [-0.2, -0.15) is 0 Å². The third-order valence-electron chi connectivity index (χ3n) is 3.48. The minimum absolute atomic E-state index is 0.115. The molecular weight excluding hydrogens is 176 g/mol. The fraction of sp³-hybridized carbons (Fsp3) is 0.667. The van der Waals surface area contributed by atoms with Crippen LogP contribution in [0, 0.1) is 10.8 Å². The fourth-order valence-corrected chi connectivity index (χ4v) is 3.12. The highest BCUT2D eigenvalue weighted by Gasteiger charge is 2.48. The van der Waals surface area contributed by atoms with Crippen molar-refractivity contribution in [1.29, 1.82) is 0 Å². The van der Waals surface area contributed by atoms with E-state index in [1.807, 2.05) is 6.92 Å². The molecule has 0 aliphatic heterocycles. The molecule has 1 fully saturated rings. The van der Waals surface area contributed by atoms with Crippen LogP contribution in [0.5, 0.6) is 0 Å². The summed E-state index contributed by atoms with van der Waals surface area (Å²) in [5, 5.41) is 0. The maximum Gasteiger partial charge on any atom is 0.156 e. The number of ketones is 2. The molecule has 0 N–H and O–H groups in total. The molecule has 1 atom stereocenters. The van der Waals surface area contributed by atoms with Crippen LogP contribution in [0.2, 0.25) is 0 Å². The van der Waals surface area contributed by atoms with Crippen LogP contribution in [0.4, 0.5) is 0 Å². The topological polar surface area (TPSA) is 34.1 Å². The number of fused-ring (bicyclic) bond motifs is 1. The second kappa shape index (κ2) is 2.56. The lowest BCUT2D eigenvalue weighted by Gasteiger charge is -2.41. The predicted octanol–water partition coefficient (Wildman–Crippen LogP) is 2.28. The summed E-state index contributed by atoms with van der Waals surface area (Å²) in [6, 6.07) is 0. The molecule has 2 heteroatoms. The Balaban J connectivity index is 2.48. The number of carbonyl (C=O) groups is 2. The van der Waals surface area contributed by atoms with Crippen LogP contribution in [0.3, 0.4) is 0 Å². The van der Waals surface area contributed by atoms with E-state index in [2.05, 4.69) is 13.8 Å². The Morgan fingerprint density at radius 3 is 2.36 bits per heavy atom. The molecule has 0 aromatic rings. The van der Waals surface area contributed by atoms with Crippen molar-refractivity contribution in [2.24, 2.45) is 10.8 Å². The summed E-state index contributed by atoms with van der Waals surface area (Å²) in [6.45, 7) is 6.17. The van der Waals surface area contributed by atoms with E-state index in [-0.39, 0.29) is 16.6 Å². The Hall–Kier alpha value is -0.920. The summed E-state index contributed by atoms with van der Waals surface area (Å²) in [6.07, 6.45) is 3.43. The van der Waals surface area contributed by atoms with Gasteiger partial charge >= 0.3 is 0 Å². The fourth-order valence-electron chi connectivity index (χ4n) is 3.12. The van der Waals surface area contributed by atoms with E-state index in [0.29, 0.717) is 25.0 Å². The molecule has 2 nitrogen and oxygen atoms in total. The normalized spacial score (nSPS) is 35.5. The Morgan fingerprint density at radius 1 is 1.07 bits per heavy atom. The first-order chi connectivity index (χ1) is 6.33. The summed E-state index contributed by atoms with van der Waals surface area (Å²) in [4.78, 5) is 23.0. The van der Waals surface area contributed by atoms with Crippen LogP contribution < -0.4 is 0 Å². The lowest BCUT2D eigenvalue weighted by atomic mass is 9.61. The quantitative estimate of drug-likeness (QED) is 0.590. The van der Waals surface area contributed by atoms with Gasteiger partial charge in [0.15, 0.2) is 5.78 Å². The maximum atomic E-state index is 11.6. The van der Waals surface area contributed by atoms with Gasteiger partial charge < -0.3 is 0 Å². The van der Waals surface area contributed by atoms with Gasteiger partial charge in [0.2, 0.25) is 0 Å². The van der Waals surface area contributed by atoms with Crippen molar-refractivity contribution < 1.29 is 9.59 Å². The smallest absolute Gasteiger partial charge is 0.156 e. The number of hydrogen-bond acceptors (Lipinski definition) is 2. The minimum Gasteiger partial charge on any atom is -0.300 e. The minimum atomic E-state index is -0.171. The third kappa shape index (κ3) is 1.24. The van der Waals surface area contributed by atoms with E-state index >= 15 is 0 Å². The average Bonchev–Trinajstić information content (AvgIpc) is 2.22. The molecular formula is C12H16O2. The highest BCUT2D eigenvalue weighted by atomic mass is 16.1. The maximum absolute atomic E-state index is 11.6. The van der Waals surface area contributed by atoms with Gasteiger partial charge in [-0.25, -0.2) is 0 Å². The van der Waals surface area contributed by atoms with Gasteiger partial charge in [0.25, 0.3) is 0 Å². The second-order valence-electron chi connectivity index (χ2n) is 5.54. The van der Waals surface area contributed by atoms with Crippen LogP contribution in [0.15, 0.2) is 11.6 Å². The molecule has 0 aromatic heterocycles. The Labute approximate surface area is 84.4 Å². The van der Waals surface area contributed by atoms with Gasteiger partial charge in [-0.1, -0.05) is 26.3 Å². The number of allylic oxidation sites excluding steroid dienone is 2. The molecule has 14 heavy (non-hydrogen) atoms. The van der Waals surface area contributed by atoms with Crippen molar-refractivity contribution in [3.05, 3.63) is 11.6 Å². The van der Waals surface area contributed by atoms with Crippen LogP contribution in [-0.4, -0.2) is 11.6 Å². The van der Waals surface area contributed by atoms with Gasteiger partial charge in [-0.05, 0) is 11.5 Å². The van der Waals surface area contributed by atoms with Crippen LogP contribution in [-0.2, 0) is 9.59 Å². The van der Waals surface area contributed by atoms with Crippen molar-refractivity contribution in [2.75, 3.05) is 0 Å². The molecule has 0 radical (unpaired) electrons. The van der Waals surface area contributed by atoms with Crippen molar-refractivity contribution in [1.82, 2.24) is 0 Å². The Bertz CT molecular complexity index is 349. The molecule has 2 aliphatic carbocycles. The standard InChI is InChI=1S/C12H16O2/c1-11(2)5-9(14)7-12(3)6-8(13)4-10(11)12/h4H,5-7H2,1-3H3. The number of hydrogen-bond donors (Lipinski definition) is 0. The highest BCUT2D eigenvalue weighted by molar-refractivity contribution is 5.97. The first kappa shape index (κ1) is 9.63. The highest BCUT2D eigenvalue weighted by Crippen LogP contribution is 2.53. The van der Waals surface area contributed by atoms with E-state index in [0.717, 1.165) is 0 Å². The largest absolute Gasteiger partial charge is 0.300 e. The van der Waals surface area contributed by atoms with Crippen molar-refractivity contribution >= 4 is 11.6 Å². The van der Waals surface area contributed by atoms with E-state index < -0.39 is 0 Å². The Kier molecular flexibility index (Phi) is 1.76. The van der Waals surface area contributed by atoms with Gasteiger partial charge in [0.05, 0.1) is 0 Å². The zero-order valence-electron chi connectivity index (χ0n) is 9.02. The van der Waals surface area contributed by atoms with E-state index in [9.17, 15) is 9.59 Å². The number of carbonyl (C=O) groups excluding carboxylic acids is 2. The zero-order chi connectivity index (χ0) is 10.6. The summed E-state index contributed by atoms with van der Waals surface area (Å²) < 4.78 is 0. The Morgan fingerprint density at radius 2 is 1.71 bits per heavy atom.